The van der Waals surface area contributed by atoms with E-state index in [1.807, 2.05) is 0 Å². The van der Waals surface area contributed by atoms with Gasteiger partial charge in [-0.2, -0.15) is 0 Å². The van der Waals surface area contributed by atoms with E-state index < -0.39 is 17.8 Å². The smallest absolute Gasteiger partial charge is 0.267 e. The molecule has 1 rings (SSSR count). The summed E-state index contributed by atoms with van der Waals surface area (Å²) in [7, 11) is 0. The standard InChI is InChI=1S/C7H6F3IN2/c8-5-4(6(9)10)3(1-12)2-13-7(5)11/h2,6H,1,12H2. The van der Waals surface area contributed by atoms with Crippen LogP contribution in [0.5, 0.6) is 0 Å². The largest absolute Gasteiger partial charge is 0.326 e. The van der Waals surface area contributed by atoms with Crippen LogP contribution >= 0.6 is 22.6 Å². The van der Waals surface area contributed by atoms with Gasteiger partial charge >= 0.3 is 0 Å². The molecule has 0 aliphatic rings. The average Bonchev–Trinajstić information content (AvgIpc) is 2.08. The third-order valence-electron chi connectivity index (χ3n) is 1.54. The summed E-state index contributed by atoms with van der Waals surface area (Å²) in [6.07, 6.45) is -1.68. The number of halogens is 4. The Morgan fingerprint density at radius 1 is 1.54 bits per heavy atom. The molecule has 0 spiro atoms. The Hall–Kier alpha value is -0.370. The molecule has 13 heavy (non-hydrogen) atoms. The molecular formula is C7H6F3IN2. The van der Waals surface area contributed by atoms with E-state index >= 15 is 0 Å². The lowest BCUT2D eigenvalue weighted by molar-refractivity contribution is 0.144. The van der Waals surface area contributed by atoms with Gasteiger partial charge in [-0.15, -0.1) is 0 Å². The maximum absolute atomic E-state index is 13.1. The van der Waals surface area contributed by atoms with Gasteiger partial charge in [0, 0.05) is 12.7 Å². The van der Waals surface area contributed by atoms with Crippen molar-refractivity contribution < 1.29 is 13.2 Å². The van der Waals surface area contributed by atoms with Crippen LogP contribution in [0.2, 0.25) is 0 Å². The van der Waals surface area contributed by atoms with Crippen LogP contribution in [0.15, 0.2) is 6.20 Å². The number of alkyl halides is 2. The lowest BCUT2D eigenvalue weighted by atomic mass is 10.1. The molecule has 0 atom stereocenters. The van der Waals surface area contributed by atoms with Crippen LogP contribution in [0.4, 0.5) is 13.2 Å². The lowest BCUT2D eigenvalue weighted by Gasteiger charge is -2.07. The molecule has 1 heterocycles. The van der Waals surface area contributed by atoms with Crippen molar-refractivity contribution in [3.63, 3.8) is 0 Å². The molecule has 0 unspecified atom stereocenters. The minimum absolute atomic E-state index is 0.0490. The van der Waals surface area contributed by atoms with Gasteiger partial charge in [0.15, 0.2) is 5.82 Å². The minimum Gasteiger partial charge on any atom is -0.326 e. The number of nitrogens with zero attached hydrogens (tertiary/aromatic N) is 1. The van der Waals surface area contributed by atoms with Gasteiger partial charge in [0.1, 0.15) is 3.70 Å². The van der Waals surface area contributed by atoms with Crippen LogP contribution in [-0.4, -0.2) is 4.98 Å². The Morgan fingerprint density at radius 2 is 2.15 bits per heavy atom. The van der Waals surface area contributed by atoms with Crippen molar-refractivity contribution in [2.45, 2.75) is 13.0 Å². The molecule has 0 radical (unpaired) electrons. The number of hydrogen-bond acceptors (Lipinski definition) is 2. The van der Waals surface area contributed by atoms with Crippen molar-refractivity contribution in [2.24, 2.45) is 5.73 Å². The van der Waals surface area contributed by atoms with E-state index in [1.54, 1.807) is 22.6 Å². The van der Waals surface area contributed by atoms with E-state index in [4.69, 9.17) is 5.73 Å². The molecule has 72 valence electrons. The quantitative estimate of drug-likeness (QED) is 0.672. The predicted molar refractivity (Wildman–Crippen MR) is 49.8 cm³/mol. The fourth-order valence-corrected chi connectivity index (χ4v) is 1.34. The van der Waals surface area contributed by atoms with Crippen LogP contribution < -0.4 is 5.73 Å². The second-order valence-electron chi connectivity index (χ2n) is 2.31. The molecule has 0 amide bonds. The summed E-state index contributed by atoms with van der Waals surface area (Å²) < 4.78 is 37.7. The van der Waals surface area contributed by atoms with Gasteiger partial charge in [0.25, 0.3) is 6.43 Å². The first-order valence-electron chi connectivity index (χ1n) is 3.39. The number of hydrogen-bond donors (Lipinski definition) is 1. The van der Waals surface area contributed by atoms with Crippen LogP contribution in [-0.2, 0) is 6.54 Å². The molecule has 0 saturated heterocycles. The van der Waals surface area contributed by atoms with Crippen molar-refractivity contribution in [1.82, 2.24) is 4.98 Å². The lowest BCUT2D eigenvalue weighted by Crippen LogP contribution is -2.07. The molecule has 6 heteroatoms. The van der Waals surface area contributed by atoms with E-state index in [1.165, 1.54) is 6.20 Å². The summed E-state index contributed by atoms with van der Waals surface area (Å²) >= 11 is 1.56. The van der Waals surface area contributed by atoms with Gasteiger partial charge in [-0.3, -0.25) is 0 Å². The van der Waals surface area contributed by atoms with Gasteiger partial charge in [0.2, 0.25) is 0 Å². The summed E-state index contributed by atoms with van der Waals surface area (Å²) in [5.41, 5.74) is 4.58. The number of nitrogens with two attached hydrogens (primary N) is 1. The van der Waals surface area contributed by atoms with E-state index in [-0.39, 0.29) is 15.8 Å². The zero-order chi connectivity index (χ0) is 10.0. The van der Waals surface area contributed by atoms with Gasteiger partial charge in [-0.05, 0) is 28.2 Å². The van der Waals surface area contributed by atoms with Crippen molar-refractivity contribution >= 4 is 22.6 Å². The zero-order valence-corrected chi connectivity index (χ0v) is 8.56. The number of rotatable bonds is 2. The molecule has 1 aromatic rings. The highest BCUT2D eigenvalue weighted by atomic mass is 127. The Morgan fingerprint density at radius 3 is 2.62 bits per heavy atom. The molecule has 0 bridgehead atoms. The van der Waals surface area contributed by atoms with Crippen molar-refractivity contribution in [3.8, 4) is 0 Å². The van der Waals surface area contributed by atoms with Gasteiger partial charge < -0.3 is 5.73 Å². The van der Waals surface area contributed by atoms with Crippen LogP contribution in [0.3, 0.4) is 0 Å². The highest BCUT2D eigenvalue weighted by Gasteiger charge is 2.20. The van der Waals surface area contributed by atoms with E-state index in [0.29, 0.717) is 0 Å². The average molecular weight is 302 g/mol. The van der Waals surface area contributed by atoms with Gasteiger partial charge in [0.05, 0.1) is 5.56 Å². The number of pyridine rings is 1. The summed E-state index contributed by atoms with van der Waals surface area (Å²) in [4.78, 5) is 3.59. The highest BCUT2D eigenvalue weighted by molar-refractivity contribution is 14.1. The second kappa shape index (κ2) is 4.23. The first-order chi connectivity index (χ1) is 6.07. The predicted octanol–water partition coefficient (Wildman–Crippen LogP) is 2.22. The molecule has 0 fully saturated rings. The third-order valence-corrected chi connectivity index (χ3v) is 2.29. The highest BCUT2D eigenvalue weighted by Crippen LogP contribution is 2.27. The molecule has 1 aromatic heterocycles. The minimum atomic E-state index is -2.85. The van der Waals surface area contributed by atoms with E-state index in [0.717, 1.165) is 0 Å². The van der Waals surface area contributed by atoms with Crippen LogP contribution in [0.25, 0.3) is 0 Å². The molecule has 0 saturated carbocycles. The maximum atomic E-state index is 13.1. The van der Waals surface area contributed by atoms with Crippen LogP contribution in [0, 0.1) is 9.52 Å². The third kappa shape index (κ3) is 2.11. The summed E-state index contributed by atoms with van der Waals surface area (Å²) in [6, 6.07) is 0. The Bertz CT molecular complexity index is 317. The first kappa shape index (κ1) is 10.7. The fraction of sp³-hybridized carbons (Fsp3) is 0.286. The van der Waals surface area contributed by atoms with E-state index in [9.17, 15) is 13.2 Å². The molecule has 2 N–H and O–H groups in total. The first-order valence-corrected chi connectivity index (χ1v) is 4.46. The second-order valence-corrected chi connectivity index (χ2v) is 3.33. The SMILES string of the molecule is NCc1cnc(I)c(F)c1C(F)F. The monoisotopic (exact) mass is 302 g/mol. The fourth-order valence-electron chi connectivity index (χ4n) is 0.911. The topological polar surface area (TPSA) is 38.9 Å². The Kier molecular flexibility index (Phi) is 3.48. The zero-order valence-electron chi connectivity index (χ0n) is 6.40. The van der Waals surface area contributed by atoms with Crippen molar-refractivity contribution in [3.05, 3.63) is 26.8 Å². The van der Waals surface area contributed by atoms with Crippen molar-refractivity contribution in [2.75, 3.05) is 0 Å². The molecule has 2 nitrogen and oxygen atoms in total. The normalized spacial score (nSPS) is 10.9. The molecule has 0 aliphatic heterocycles. The Balaban J connectivity index is 3.32. The van der Waals surface area contributed by atoms with Gasteiger partial charge in [-0.25, -0.2) is 18.2 Å². The van der Waals surface area contributed by atoms with E-state index in [2.05, 4.69) is 4.98 Å². The Labute approximate surface area is 86.5 Å². The van der Waals surface area contributed by atoms with Crippen molar-refractivity contribution in [1.29, 1.82) is 0 Å². The molecular weight excluding hydrogens is 296 g/mol. The molecule has 0 aromatic carbocycles. The summed E-state index contributed by atoms with van der Waals surface area (Å²) in [6.45, 7) is -0.138. The summed E-state index contributed by atoms with van der Waals surface area (Å²) in [5.74, 6) is -0.974. The molecule has 0 aliphatic carbocycles. The maximum Gasteiger partial charge on any atom is 0.267 e. The number of aromatic nitrogens is 1. The summed E-state index contributed by atoms with van der Waals surface area (Å²) in [5, 5.41) is 0. The van der Waals surface area contributed by atoms with Gasteiger partial charge in [-0.1, -0.05) is 0 Å². The van der Waals surface area contributed by atoms with Crippen LogP contribution in [0.1, 0.15) is 17.6 Å².